The number of aromatic amines is 1. The van der Waals surface area contributed by atoms with E-state index in [-0.39, 0.29) is 0 Å². The lowest BCUT2D eigenvalue weighted by atomic mass is 10.1. The Kier molecular flexibility index (Phi) is 2.92. The number of hydrogen-bond acceptors (Lipinski definition) is 3. The van der Waals surface area contributed by atoms with E-state index < -0.39 is 0 Å². The van der Waals surface area contributed by atoms with Gasteiger partial charge in [0, 0.05) is 61.5 Å². The van der Waals surface area contributed by atoms with Gasteiger partial charge in [-0.05, 0) is 29.8 Å². The van der Waals surface area contributed by atoms with E-state index in [2.05, 4.69) is 64.4 Å². The molecule has 120 valence electrons. The number of nitrogens with one attached hydrogen (secondary N) is 1. The zero-order valence-corrected chi connectivity index (χ0v) is 13.7. The number of hydrogen-bond donors (Lipinski definition) is 1. The SMILES string of the molecule is CN1C=C2CN(c3ccc(-c4cccc5[nH]ccc45)nc3)CC2C1. The van der Waals surface area contributed by atoms with Gasteiger partial charge in [-0.15, -0.1) is 0 Å². The summed E-state index contributed by atoms with van der Waals surface area (Å²) in [7, 11) is 2.16. The smallest absolute Gasteiger partial charge is 0.0710 e. The molecule has 1 atom stereocenters. The molecule has 24 heavy (non-hydrogen) atoms. The highest BCUT2D eigenvalue weighted by molar-refractivity contribution is 5.94. The van der Waals surface area contributed by atoms with Crippen LogP contribution >= 0.6 is 0 Å². The van der Waals surface area contributed by atoms with Crippen molar-refractivity contribution in [2.45, 2.75) is 0 Å². The van der Waals surface area contributed by atoms with Gasteiger partial charge in [-0.25, -0.2) is 0 Å². The number of anilines is 1. The molecule has 1 saturated heterocycles. The Morgan fingerprint density at radius 1 is 1.12 bits per heavy atom. The molecule has 0 amide bonds. The highest BCUT2D eigenvalue weighted by Crippen LogP contribution is 2.33. The van der Waals surface area contributed by atoms with Crippen LogP contribution in [0, 0.1) is 5.92 Å². The van der Waals surface area contributed by atoms with E-state index in [4.69, 9.17) is 4.98 Å². The molecule has 4 heterocycles. The van der Waals surface area contributed by atoms with Gasteiger partial charge < -0.3 is 14.8 Å². The van der Waals surface area contributed by atoms with Crippen molar-refractivity contribution < 1.29 is 0 Å². The van der Waals surface area contributed by atoms with Crippen LogP contribution in [-0.2, 0) is 0 Å². The lowest BCUT2D eigenvalue weighted by Gasteiger charge is -2.20. The van der Waals surface area contributed by atoms with E-state index in [9.17, 15) is 0 Å². The van der Waals surface area contributed by atoms with Crippen LogP contribution < -0.4 is 4.90 Å². The average molecular weight is 316 g/mol. The Hall–Kier alpha value is -2.75. The third kappa shape index (κ3) is 2.10. The molecule has 4 nitrogen and oxygen atoms in total. The van der Waals surface area contributed by atoms with Gasteiger partial charge in [-0.2, -0.15) is 0 Å². The van der Waals surface area contributed by atoms with Crippen LogP contribution in [-0.4, -0.2) is 41.5 Å². The number of rotatable bonds is 2. The molecule has 1 N–H and O–H groups in total. The quantitative estimate of drug-likeness (QED) is 0.786. The minimum absolute atomic E-state index is 0.684. The lowest BCUT2D eigenvalue weighted by molar-refractivity contribution is 0.442. The fourth-order valence-corrected chi connectivity index (χ4v) is 4.04. The van der Waals surface area contributed by atoms with Crippen molar-refractivity contribution in [3.63, 3.8) is 0 Å². The van der Waals surface area contributed by atoms with Crippen molar-refractivity contribution in [2.24, 2.45) is 5.92 Å². The van der Waals surface area contributed by atoms with Crippen molar-refractivity contribution in [3.05, 3.63) is 60.6 Å². The first kappa shape index (κ1) is 13.7. The van der Waals surface area contributed by atoms with E-state index in [1.807, 2.05) is 12.4 Å². The number of pyridine rings is 1. The summed E-state index contributed by atoms with van der Waals surface area (Å²) in [4.78, 5) is 12.8. The van der Waals surface area contributed by atoms with Gasteiger partial charge in [0.15, 0.2) is 0 Å². The molecule has 2 aliphatic heterocycles. The molecule has 0 aliphatic carbocycles. The van der Waals surface area contributed by atoms with Gasteiger partial charge in [0.25, 0.3) is 0 Å². The largest absolute Gasteiger partial charge is 0.380 e. The van der Waals surface area contributed by atoms with Crippen molar-refractivity contribution in [3.8, 4) is 11.3 Å². The molecule has 1 aromatic carbocycles. The fraction of sp³-hybridized carbons (Fsp3) is 0.250. The molecule has 0 saturated carbocycles. The van der Waals surface area contributed by atoms with Crippen LogP contribution in [0.2, 0.25) is 0 Å². The number of aromatic nitrogens is 2. The van der Waals surface area contributed by atoms with Gasteiger partial charge >= 0.3 is 0 Å². The van der Waals surface area contributed by atoms with Gasteiger partial charge in [0.2, 0.25) is 0 Å². The van der Waals surface area contributed by atoms with Crippen LogP contribution in [0.1, 0.15) is 0 Å². The molecule has 2 aliphatic rings. The minimum Gasteiger partial charge on any atom is -0.380 e. The normalized spacial score (nSPS) is 19.9. The highest BCUT2D eigenvalue weighted by Gasteiger charge is 2.32. The van der Waals surface area contributed by atoms with Crippen LogP contribution in [0.3, 0.4) is 0 Å². The molecule has 0 spiro atoms. The summed E-state index contributed by atoms with van der Waals surface area (Å²) >= 11 is 0. The first-order valence-electron chi connectivity index (χ1n) is 8.46. The van der Waals surface area contributed by atoms with Crippen LogP contribution in [0.5, 0.6) is 0 Å². The molecule has 0 bridgehead atoms. The third-order valence-electron chi connectivity index (χ3n) is 5.22. The molecule has 4 heteroatoms. The maximum atomic E-state index is 4.75. The highest BCUT2D eigenvalue weighted by atomic mass is 15.2. The van der Waals surface area contributed by atoms with Crippen molar-refractivity contribution >= 4 is 16.6 Å². The summed E-state index contributed by atoms with van der Waals surface area (Å²) in [6.45, 7) is 3.28. The Bertz CT molecular complexity index is 922. The number of benzene rings is 1. The van der Waals surface area contributed by atoms with Crippen molar-refractivity contribution in [1.82, 2.24) is 14.9 Å². The number of fused-ring (bicyclic) bond motifs is 2. The zero-order chi connectivity index (χ0) is 16.1. The Morgan fingerprint density at radius 2 is 2.08 bits per heavy atom. The van der Waals surface area contributed by atoms with E-state index in [0.717, 1.165) is 30.8 Å². The maximum absolute atomic E-state index is 4.75. The van der Waals surface area contributed by atoms with Gasteiger partial charge in [0.1, 0.15) is 0 Å². The first-order chi connectivity index (χ1) is 11.8. The van der Waals surface area contributed by atoms with Gasteiger partial charge in [-0.3, -0.25) is 4.98 Å². The van der Waals surface area contributed by atoms with Gasteiger partial charge in [0.05, 0.1) is 17.6 Å². The van der Waals surface area contributed by atoms with Crippen molar-refractivity contribution in [2.75, 3.05) is 31.6 Å². The second-order valence-electron chi connectivity index (χ2n) is 6.87. The lowest BCUT2D eigenvalue weighted by Crippen LogP contribution is -2.24. The van der Waals surface area contributed by atoms with Crippen LogP contribution in [0.4, 0.5) is 5.69 Å². The molecule has 1 unspecified atom stereocenters. The molecule has 2 aromatic heterocycles. The second-order valence-corrected chi connectivity index (χ2v) is 6.87. The van der Waals surface area contributed by atoms with Crippen molar-refractivity contribution in [1.29, 1.82) is 0 Å². The summed E-state index contributed by atoms with van der Waals surface area (Å²) in [6, 6.07) is 12.8. The summed E-state index contributed by atoms with van der Waals surface area (Å²) in [5, 5.41) is 1.22. The predicted octanol–water partition coefficient (Wildman–Crippen LogP) is 3.50. The van der Waals surface area contributed by atoms with E-state index in [1.165, 1.54) is 16.6 Å². The molecule has 1 fully saturated rings. The van der Waals surface area contributed by atoms with Crippen LogP contribution in [0.15, 0.2) is 60.6 Å². The van der Waals surface area contributed by atoms with E-state index in [0.29, 0.717) is 5.92 Å². The third-order valence-corrected chi connectivity index (χ3v) is 5.22. The topological polar surface area (TPSA) is 35.2 Å². The minimum atomic E-state index is 0.684. The Morgan fingerprint density at radius 3 is 2.92 bits per heavy atom. The Labute approximate surface area is 141 Å². The molecule has 0 radical (unpaired) electrons. The molecular weight excluding hydrogens is 296 g/mol. The zero-order valence-electron chi connectivity index (χ0n) is 13.7. The van der Waals surface area contributed by atoms with Crippen LogP contribution in [0.25, 0.3) is 22.2 Å². The summed E-state index contributed by atoms with van der Waals surface area (Å²) in [5.41, 5.74) is 6.14. The standard InChI is InChI=1S/C20H20N4/c1-23-10-14-12-24(13-15(14)11-23)16-5-6-20(22-9-16)17-3-2-4-19-18(17)7-8-21-19/h2-10,15,21H,11-13H2,1H3. The predicted molar refractivity (Wildman–Crippen MR) is 97.9 cm³/mol. The number of H-pyrrole nitrogens is 1. The molecule has 5 rings (SSSR count). The first-order valence-corrected chi connectivity index (χ1v) is 8.46. The monoisotopic (exact) mass is 316 g/mol. The maximum Gasteiger partial charge on any atom is 0.0710 e. The van der Waals surface area contributed by atoms with E-state index >= 15 is 0 Å². The second kappa shape index (κ2) is 5.13. The van der Waals surface area contributed by atoms with E-state index in [1.54, 1.807) is 5.57 Å². The Balaban J connectivity index is 1.44. The molecule has 3 aromatic rings. The number of nitrogens with zero attached hydrogens (tertiary/aromatic N) is 3. The summed E-state index contributed by atoms with van der Waals surface area (Å²) in [6.07, 6.45) is 6.31. The fourth-order valence-electron chi connectivity index (χ4n) is 4.04. The summed E-state index contributed by atoms with van der Waals surface area (Å²) in [5.74, 6) is 0.684. The van der Waals surface area contributed by atoms with Gasteiger partial charge in [-0.1, -0.05) is 12.1 Å². The average Bonchev–Trinajstić information content (AvgIpc) is 3.28. The molecular formula is C20H20N4. The summed E-state index contributed by atoms with van der Waals surface area (Å²) < 4.78 is 0.